The lowest BCUT2D eigenvalue weighted by Gasteiger charge is -2.38. The van der Waals surface area contributed by atoms with Crippen LogP contribution in [0.5, 0.6) is 0 Å². The van der Waals surface area contributed by atoms with Gasteiger partial charge in [-0.2, -0.15) is 0 Å². The largest absolute Gasteiger partial charge is 0.380 e. The molecule has 1 saturated heterocycles. The number of alkyl halides is 2. The normalized spacial score (nSPS) is 30.4. The monoisotopic (exact) mass is 247 g/mol. The van der Waals surface area contributed by atoms with E-state index < -0.39 is 11.8 Å². The minimum Gasteiger partial charge on any atom is -0.380 e. The Kier molecular flexibility index (Phi) is 3.39. The van der Waals surface area contributed by atoms with Crippen molar-refractivity contribution in [2.75, 3.05) is 19.8 Å². The molecule has 0 radical (unpaired) electrons. The van der Waals surface area contributed by atoms with Gasteiger partial charge in [-0.05, 0) is 12.8 Å². The Morgan fingerprint density at radius 1 is 1.47 bits per heavy atom. The van der Waals surface area contributed by atoms with E-state index in [9.17, 15) is 13.6 Å². The molecule has 3 nitrogen and oxygen atoms in total. The maximum absolute atomic E-state index is 13.2. The highest BCUT2D eigenvalue weighted by Gasteiger charge is 2.40. The molecule has 2 aliphatic rings. The first kappa shape index (κ1) is 12.7. The molecule has 2 rings (SSSR count). The number of carbonyl (C=O) groups is 1. The van der Waals surface area contributed by atoms with E-state index >= 15 is 0 Å². The number of ether oxygens (including phenoxy) is 1. The summed E-state index contributed by atoms with van der Waals surface area (Å²) in [4.78, 5) is 11.8. The standard InChI is InChI=1S/C12H19F2NO2/c1-11(7-17-8-11)6-15-10(16)9-3-2-4-12(13,14)5-9/h9H,2-8H2,1H3,(H,15,16). The average Bonchev–Trinajstić information content (AvgIpc) is 2.22. The molecule has 1 amide bonds. The van der Waals surface area contributed by atoms with Gasteiger partial charge in [0.05, 0.1) is 13.2 Å². The zero-order valence-electron chi connectivity index (χ0n) is 10.1. The van der Waals surface area contributed by atoms with Gasteiger partial charge in [0.15, 0.2) is 0 Å². The van der Waals surface area contributed by atoms with E-state index in [0.717, 1.165) is 0 Å². The molecule has 1 aliphatic carbocycles. The minimum atomic E-state index is -2.66. The summed E-state index contributed by atoms with van der Waals surface area (Å²) < 4.78 is 31.4. The summed E-state index contributed by atoms with van der Waals surface area (Å²) in [6.07, 6.45) is 0.633. The molecule has 0 aromatic heterocycles. The molecule has 1 aliphatic heterocycles. The zero-order chi connectivity index (χ0) is 12.5. The molecule has 1 saturated carbocycles. The van der Waals surface area contributed by atoms with Crippen LogP contribution in [0.3, 0.4) is 0 Å². The smallest absolute Gasteiger partial charge is 0.248 e. The van der Waals surface area contributed by atoms with Gasteiger partial charge in [-0.3, -0.25) is 4.79 Å². The molecule has 1 unspecified atom stereocenters. The van der Waals surface area contributed by atoms with Gasteiger partial charge in [-0.25, -0.2) is 8.78 Å². The summed E-state index contributed by atoms with van der Waals surface area (Å²) in [6.45, 7) is 3.81. The molecule has 0 aromatic carbocycles. The summed E-state index contributed by atoms with van der Waals surface area (Å²) in [5, 5.41) is 2.78. The average molecular weight is 247 g/mol. The number of hydrogen-bond donors (Lipinski definition) is 1. The van der Waals surface area contributed by atoms with Crippen LogP contribution in [0.25, 0.3) is 0 Å². The Morgan fingerprint density at radius 2 is 2.18 bits per heavy atom. The van der Waals surface area contributed by atoms with Gasteiger partial charge in [0.2, 0.25) is 11.8 Å². The maximum atomic E-state index is 13.2. The number of rotatable bonds is 3. The maximum Gasteiger partial charge on any atom is 0.248 e. The van der Waals surface area contributed by atoms with Crippen LogP contribution in [-0.2, 0) is 9.53 Å². The predicted octanol–water partition coefficient (Wildman–Crippen LogP) is 1.96. The zero-order valence-corrected chi connectivity index (χ0v) is 10.1. The fourth-order valence-electron chi connectivity index (χ4n) is 2.39. The highest BCUT2D eigenvalue weighted by atomic mass is 19.3. The minimum absolute atomic E-state index is 0.00710. The Hall–Kier alpha value is -0.710. The van der Waals surface area contributed by atoms with Crippen LogP contribution in [0.4, 0.5) is 8.78 Å². The fourth-order valence-corrected chi connectivity index (χ4v) is 2.39. The topological polar surface area (TPSA) is 38.3 Å². The van der Waals surface area contributed by atoms with Crippen molar-refractivity contribution in [3.63, 3.8) is 0 Å². The number of hydrogen-bond acceptors (Lipinski definition) is 2. The second-order valence-corrected chi connectivity index (χ2v) is 5.67. The second-order valence-electron chi connectivity index (χ2n) is 5.67. The molecule has 17 heavy (non-hydrogen) atoms. The van der Waals surface area contributed by atoms with Crippen LogP contribution in [-0.4, -0.2) is 31.6 Å². The first-order valence-corrected chi connectivity index (χ1v) is 6.14. The van der Waals surface area contributed by atoms with Crippen LogP contribution in [0, 0.1) is 11.3 Å². The van der Waals surface area contributed by atoms with Gasteiger partial charge >= 0.3 is 0 Å². The summed E-state index contributed by atoms with van der Waals surface area (Å²) in [6, 6.07) is 0. The van der Waals surface area contributed by atoms with Crippen LogP contribution >= 0.6 is 0 Å². The Bertz CT molecular complexity index is 303. The van der Waals surface area contributed by atoms with E-state index in [1.807, 2.05) is 6.92 Å². The Labute approximate surface area is 99.9 Å². The molecular formula is C12H19F2NO2. The van der Waals surface area contributed by atoms with E-state index in [1.54, 1.807) is 0 Å². The molecule has 1 heterocycles. The van der Waals surface area contributed by atoms with Gasteiger partial charge in [0.1, 0.15) is 0 Å². The lowest BCUT2D eigenvalue weighted by molar-refractivity contribution is -0.136. The van der Waals surface area contributed by atoms with Crippen molar-refractivity contribution in [1.29, 1.82) is 0 Å². The van der Waals surface area contributed by atoms with E-state index in [2.05, 4.69) is 5.32 Å². The highest BCUT2D eigenvalue weighted by Crippen LogP contribution is 2.36. The van der Waals surface area contributed by atoms with Crippen molar-refractivity contribution in [2.45, 2.75) is 38.5 Å². The van der Waals surface area contributed by atoms with E-state index in [1.165, 1.54) is 0 Å². The van der Waals surface area contributed by atoms with E-state index in [0.29, 0.717) is 32.6 Å². The van der Waals surface area contributed by atoms with Crippen LogP contribution in [0.15, 0.2) is 0 Å². The van der Waals surface area contributed by atoms with Crippen molar-refractivity contribution in [2.24, 2.45) is 11.3 Å². The number of amides is 1. The van der Waals surface area contributed by atoms with Gasteiger partial charge in [-0.1, -0.05) is 6.92 Å². The summed E-state index contributed by atoms with van der Waals surface area (Å²) in [5.41, 5.74) is -0.00710. The Morgan fingerprint density at radius 3 is 2.71 bits per heavy atom. The molecular weight excluding hydrogens is 228 g/mol. The quantitative estimate of drug-likeness (QED) is 0.828. The molecule has 5 heteroatoms. The lowest BCUT2D eigenvalue weighted by atomic mass is 9.85. The first-order chi connectivity index (χ1) is 7.90. The molecule has 2 fully saturated rings. The SMILES string of the molecule is CC1(CNC(=O)C2CCCC(F)(F)C2)COC1. The van der Waals surface area contributed by atoms with Crippen LogP contribution in [0.1, 0.15) is 32.6 Å². The van der Waals surface area contributed by atoms with Crippen molar-refractivity contribution >= 4 is 5.91 Å². The number of carbonyl (C=O) groups excluding carboxylic acids is 1. The Balaban J connectivity index is 1.79. The van der Waals surface area contributed by atoms with Crippen molar-refractivity contribution in [3.05, 3.63) is 0 Å². The van der Waals surface area contributed by atoms with E-state index in [4.69, 9.17) is 4.74 Å². The lowest BCUT2D eigenvalue weighted by Crippen LogP contribution is -2.50. The fraction of sp³-hybridized carbons (Fsp3) is 0.917. The third-order valence-electron chi connectivity index (χ3n) is 3.60. The summed E-state index contributed by atoms with van der Waals surface area (Å²) in [5.74, 6) is -3.41. The summed E-state index contributed by atoms with van der Waals surface area (Å²) >= 11 is 0. The molecule has 1 N–H and O–H groups in total. The van der Waals surface area contributed by atoms with Gasteiger partial charge in [-0.15, -0.1) is 0 Å². The number of nitrogens with one attached hydrogen (secondary N) is 1. The van der Waals surface area contributed by atoms with Gasteiger partial charge < -0.3 is 10.1 Å². The first-order valence-electron chi connectivity index (χ1n) is 6.14. The van der Waals surface area contributed by atoms with Crippen molar-refractivity contribution < 1.29 is 18.3 Å². The molecule has 0 spiro atoms. The molecule has 0 bridgehead atoms. The molecule has 0 aromatic rings. The third-order valence-corrected chi connectivity index (χ3v) is 3.60. The van der Waals surface area contributed by atoms with Crippen molar-refractivity contribution in [1.82, 2.24) is 5.32 Å². The number of halogens is 2. The highest BCUT2D eigenvalue weighted by molar-refractivity contribution is 5.78. The third kappa shape index (κ3) is 3.15. The predicted molar refractivity (Wildman–Crippen MR) is 58.8 cm³/mol. The van der Waals surface area contributed by atoms with Crippen LogP contribution < -0.4 is 5.32 Å². The van der Waals surface area contributed by atoms with Crippen molar-refractivity contribution in [3.8, 4) is 0 Å². The second kappa shape index (κ2) is 4.52. The van der Waals surface area contributed by atoms with Gasteiger partial charge in [0, 0.05) is 30.7 Å². The van der Waals surface area contributed by atoms with Crippen LogP contribution in [0.2, 0.25) is 0 Å². The molecule has 98 valence electrons. The molecule has 1 atom stereocenters. The van der Waals surface area contributed by atoms with Gasteiger partial charge in [0.25, 0.3) is 0 Å². The summed E-state index contributed by atoms with van der Waals surface area (Å²) in [7, 11) is 0. The van der Waals surface area contributed by atoms with E-state index in [-0.39, 0.29) is 24.2 Å².